The Balaban J connectivity index is 2.21. The van der Waals surface area contributed by atoms with Crippen LogP contribution in [0.1, 0.15) is 17.2 Å². The zero-order chi connectivity index (χ0) is 10.7. The van der Waals surface area contributed by atoms with Gasteiger partial charge in [-0.3, -0.25) is 0 Å². The minimum absolute atomic E-state index is 0.429. The number of nitrogens with zero attached hydrogens (tertiary/aromatic N) is 3. The Morgan fingerprint density at radius 3 is 2.40 bits per heavy atom. The molecule has 0 spiro atoms. The summed E-state index contributed by atoms with van der Waals surface area (Å²) in [6.07, 6.45) is 0.796. The van der Waals surface area contributed by atoms with E-state index in [0.717, 1.165) is 18.1 Å². The lowest BCUT2D eigenvalue weighted by molar-refractivity contribution is 0.758. The average molecular weight is 202 g/mol. The minimum atomic E-state index is 0.429. The minimum Gasteiger partial charge on any atom is -0.324 e. The summed E-state index contributed by atoms with van der Waals surface area (Å²) in [6, 6.07) is 10.2. The third-order valence-electron chi connectivity index (χ3n) is 2.44. The first-order chi connectivity index (χ1) is 7.31. The van der Waals surface area contributed by atoms with Crippen molar-refractivity contribution in [3.05, 3.63) is 47.5 Å². The van der Waals surface area contributed by atoms with Gasteiger partial charge in [-0.25, -0.2) is 0 Å². The van der Waals surface area contributed by atoms with Crippen LogP contribution < -0.4 is 5.73 Å². The number of nitrogens with two attached hydrogens (primary N) is 1. The predicted molar refractivity (Wildman–Crippen MR) is 58.1 cm³/mol. The number of benzene rings is 1. The maximum Gasteiger partial charge on any atom is 0.146 e. The number of hydrogen-bond donors (Lipinski definition) is 1. The van der Waals surface area contributed by atoms with E-state index >= 15 is 0 Å². The van der Waals surface area contributed by atoms with Gasteiger partial charge in [-0.1, -0.05) is 30.3 Å². The quantitative estimate of drug-likeness (QED) is 0.803. The van der Waals surface area contributed by atoms with Crippen molar-refractivity contribution in [1.82, 2.24) is 14.8 Å². The van der Waals surface area contributed by atoms with Crippen LogP contribution in [-0.4, -0.2) is 14.8 Å². The van der Waals surface area contributed by atoms with Gasteiger partial charge in [0.2, 0.25) is 0 Å². The molecule has 15 heavy (non-hydrogen) atoms. The predicted octanol–water partition coefficient (Wildman–Crippen LogP) is 0.865. The van der Waals surface area contributed by atoms with E-state index in [0.29, 0.717) is 6.54 Å². The molecule has 1 aromatic heterocycles. The Hall–Kier alpha value is -1.68. The van der Waals surface area contributed by atoms with Crippen LogP contribution in [0.3, 0.4) is 0 Å². The third kappa shape index (κ3) is 2.05. The van der Waals surface area contributed by atoms with Crippen LogP contribution in [0.4, 0.5) is 0 Å². The number of aromatic nitrogens is 3. The summed E-state index contributed by atoms with van der Waals surface area (Å²) in [5.74, 6) is 1.77. The molecule has 4 nitrogen and oxygen atoms in total. The van der Waals surface area contributed by atoms with Gasteiger partial charge in [0.25, 0.3) is 0 Å². The molecule has 0 bridgehead atoms. The molecule has 0 aliphatic heterocycles. The fourth-order valence-corrected chi connectivity index (χ4v) is 1.51. The second-order valence-electron chi connectivity index (χ2n) is 3.46. The zero-order valence-corrected chi connectivity index (χ0v) is 8.72. The first-order valence-corrected chi connectivity index (χ1v) is 4.92. The van der Waals surface area contributed by atoms with Gasteiger partial charge in [0, 0.05) is 13.5 Å². The van der Waals surface area contributed by atoms with Gasteiger partial charge < -0.3 is 10.3 Å². The standard InChI is InChI=1S/C11H14N4/c1-15-10(13-14-11(15)8-12)7-9-5-3-2-4-6-9/h2-6H,7-8,12H2,1H3. The van der Waals surface area contributed by atoms with Gasteiger partial charge in [0.15, 0.2) is 0 Å². The molecule has 4 heteroatoms. The molecule has 1 heterocycles. The highest BCUT2D eigenvalue weighted by Crippen LogP contribution is 2.07. The fourth-order valence-electron chi connectivity index (χ4n) is 1.51. The van der Waals surface area contributed by atoms with Crippen LogP contribution in [0.15, 0.2) is 30.3 Å². The summed E-state index contributed by atoms with van der Waals surface area (Å²) in [5, 5.41) is 8.13. The molecular formula is C11H14N4. The Kier molecular flexibility index (Phi) is 2.78. The van der Waals surface area contributed by atoms with Crippen molar-refractivity contribution in [2.75, 3.05) is 0 Å². The third-order valence-corrected chi connectivity index (χ3v) is 2.44. The molecule has 2 aromatic rings. The van der Waals surface area contributed by atoms with Crippen molar-refractivity contribution < 1.29 is 0 Å². The SMILES string of the molecule is Cn1c(CN)nnc1Cc1ccccc1. The summed E-state index contributed by atoms with van der Waals surface area (Å²) < 4.78 is 1.95. The van der Waals surface area contributed by atoms with Crippen LogP contribution in [0.25, 0.3) is 0 Å². The summed E-state index contributed by atoms with van der Waals surface area (Å²) in [4.78, 5) is 0. The lowest BCUT2D eigenvalue weighted by Gasteiger charge is -2.02. The van der Waals surface area contributed by atoms with Gasteiger partial charge >= 0.3 is 0 Å². The van der Waals surface area contributed by atoms with Gasteiger partial charge in [0.05, 0.1) is 6.54 Å². The van der Waals surface area contributed by atoms with Crippen molar-refractivity contribution in [2.45, 2.75) is 13.0 Å². The van der Waals surface area contributed by atoms with E-state index in [4.69, 9.17) is 5.73 Å². The fraction of sp³-hybridized carbons (Fsp3) is 0.273. The zero-order valence-electron chi connectivity index (χ0n) is 8.72. The summed E-state index contributed by atoms with van der Waals surface area (Å²) in [6.45, 7) is 0.429. The lowest BCUT2D eigenvalue weighted by atomic mass is 10.1. The van der Waals surface area contributed by atoms with E-state index in [1.807, 2.05) is 29.8 Å². The van der Waals surface area contributed by atoms with Crippen molar-refractivity contribution in [3.8, 4) is 0 Å². The van der Waals surface area contributed by atoms with Gasteiger partial charge in [0.1, 0.15) is 11.6 Å². The van der Waals surface area contributed by atoms with E-state index < -0.39 is 0 Å². The molecule has 0 amide bonds. The highest BCUT2D eigenvalue weighted by Gasteiger charge is 2.06. The van der Waals surface area contributed by atoms with E-state index in [-0.39, 0.29) is 0 Å². The van der Waals surface area contributed by atoms with Crippen molar-refractivity contribution in [3.63, 3.8) is 0 Å². The molecule has 0 saturated carbocycles. The monoisotopic (exact) mass is 202 g/mol. The molecule has 0 aliphatic carbocycles. The molecular weight excluding hydrogens is 188 g/mol. The second-order valence-corrected chi connectivity index (χ2v) is 3.46. The maximum absolute atomic E-state index is 5.53. The summed E-state index contributed by atoms with van der Waals surface area (Å²) in [5.41, 5.74) is 6.77. The van der Waals surface area contributed by atoms with Crippen LogP contribution >= 0.6 is 0 Å². The highest BCUT2D eigenvalue weighted by molar-refractivity contribution is 5.19. The molecule has 0 aliphatic rings. The molecule has 2 N–H and O–H groups in total. The Bertz CT molecular complexity index is 433. The van der Waals surface area contributed by atoms with E-state index in [1.54, 1.807) is 0 Å². The molecule has 2 rings (SSSR count). The molecule has 1 aromatic carbocycles. The van der Waals surface area contributed by atoms with Crippen LogP contribution in [0.2, 0.25) is 0 Å². The van der Waals surface area contributed by atoms with E-state index in [9.17, 15) is 0 Å². The summed E-state index contributed by atoms with van der Waals surface area (Å²) >= 11 is 0. The first-order valence-electron chi connectivity index (χ1n) is 4.92. The summed E-state index contributed by atoms with van der Waals surface area (Å²) in [7, 11) is 1.94. The largest absolute Gasteiger partial charge is 0.324 e. The smallest absolute Gasteiger partial charge is 0.146 e. The van der Waals surface area contributed by atoms with Gasteiger partial charge in [-0.2, -0.15) is 0 Å². The normalized spacial score (nSPS) is 10.5. The Morgan fingerprint density at radius 1 is 1.13 bits per heavy atom. The molecule has 0 unspecified atom stereocenters. The second kappa shape index (κ2) is 4.23. The van der Waals surface area contributed by atoms with Crippen LogP contribution in [0.5, 0.6) is 0 Å². The highest BCUT2D eigenvalue weighted by atomic mass is 15.3. The Labute approximate surface area is 88.8 Å². The van der Waals surface area contributed by atoms with Crippen molar-refractivity contribution >= 4 is 0 Å². The first kappa shape index (κ1) is 9.86. The Morgan fingerprint density at radius 2 is 1.80 bits per heavy atom. The van der Waals surface area contributed by atoms with Gasteiger partial charge in [-0.15, -0.1) is 10.2 Å². The molecule has 0 saturated heterocycles. The maximum atomic E-state index is 5.53. The lowest BCUT2D eigenvalue weighted by Crippen LogP contribution is -2.07. The number of rotatable bonds is 3. The van der Waals surface area contributed by atoms with E-state index in [1.165, 1.54) is 5.56 Å². The van der Waals surface area contributed by atoms with Crippen molar-refractivity contribution in [1.29, 1.82) is 0 Å². The topological polar surface area (TPSA) is 56.7 Å². The molecule has 78 valence electrons. The molecule has 0 fully saturated rings. The molecule has 0 atom stereocenters. The van der Waals surface area contributed by atoms with Crippen LogP contribution in [-0.2, 0) is 20.0 Å². The van der Waals surface area contributed by atoms with Gasteiger partial charge in [-0.05, 0) is 5.56 Å². The van der Waals surface area contributed by atoms with Crippen LogP contribution in [0, 0.1) is 0 Å². The van der Waals surface area contributed by atoms with E-state index in [2.05, 4.69) is 22.3 Å². The van der Waals surface area contributed by atoms with Crippen molar-refractivity contribution in [2.24, 2.45) is 12.8 Å². The average Bonchev–Trinajstić information content (AvgIpc) is 2.62. The molecule has 0 radical (unpaired) electrons. The number of hydrogen-bond acceptors (Lipinski definition) is 3.